The highest BCUT2D eigenvalue weighted by Crippen LogP contribution is 2.19. The van der Waals surface area contributed by atoms with Crippen molar-refractivity contribution in [1.29, 1.82) is 0 Å². The van der Waals surface area contributed by atoms with Crippen LogP contribution in [0.3, 0.4) is 0 Å². The average Bonchev–Trinajstić information content (AvgIpc) is 2.75. The van der Waals surface area contributed by atoms with Crippen LogP contribution in [0.4, 0.5) is 5.69 Å². The molecular weight excluding hydrogens is 244 g/mol. The fourth-order valence-electron chi connectivity index (χ4n) is 1.58. The highest BCUT2D eigenvalue weighted by molar-refractivity contribution is 5.79. The molecule has 6 nitrogen and oxygen atoms in total. The van der Waals surface area contributed by atoms with Gasteiger partial charge in [-0.05, 0) is 24.4 Å². The first-order chi connectivity index (χ1) is 9.06. The van der Waals surface area contributed by atoms with Crippen LogP contribution in [0.15, 0.2) is 36.6 Å². The summed E-state index contributed by atoms with van der Waals surface area (Å²) in [6.45, 7) is 0. The molecular formula is C13H14N4O2. The normalized spacial score (nSPS) is 11.7. The molecule has 0 aliphatic rings. The summed E-state index contributed by atoms with van der Waals surface area (Å²) < 4.78 is 0. The van der Waals surface area contributed by atoms with Crippen molar-refractivity contribution in [1.82, 2.24) is 14.9 Å². The van der Waals surface area contributed by atoms with Gasteiger partial charge in [-0.2, -0.15) is 0 Å². The van der Waals surface area contributed by atoms with Crippen LogP contribution >= 0.6 is 0 Å². The van der Waals surface area contributed by atoms with Crippen LogP contribution in [0.25, 0.3) is 17.1 Å². The number of imidazole rings is 1. The van der Waals surface area contributed by atoms with Gasteiger partial charge in [-0.15, -0.1) is 0 Å². The van der Waals surface area contributed by atoms with E-state index in [1.54, 1.807) is 6.07 Å². The lowest BCUT2D eigenvalue weighted by Gasteiger charge is -2.00. The van der Waals surface area contributed by atoms with E-state index in [1.165, 1.54) is 12.1 Å². The molecule has 1 N–H and O–H groups in total. The first-order valence-electron chi connectivity index (χ1n) is 5.72. The van der Waals surface area contributed by atoms with E-state index >= 15 is 0 Å². The van der Waals surface area contributed by atoms with E-state index in [4.69, 9.17) is 0 Å². The first kappa shape index (κ1) is 12.8. The van der Waals surface area contributed by atoms with Gasteiger partial charge in [-0.1, -0.05) is 6.08 Å². The molecule has 0 saturated heterocycles. The zero-order valence-corrected chi connectivity index (χ0v) is 10.7. The van der Waals surface area contributed by atoms with Crippen LogP contribution in [0.5, 0.6) is 0 Å². The van der Waals surface area contributed by atoms with Gasteiger partial charge in [0.15, 0.2) is 0 Å². The number of nitro groups is 1. The third kappa shape index (κ3) is 3.19. The van der Waals surface area contributed by atoms with Gasteiger partial charge in [0.2, 0.25) is 0 Å². The number of aromatic nitrogens is 2. The number of nitro benzene ring substituents is 1. The molecule has 0 spiro atoms. The summed E-state index contributed by atoms with van der Waals surface area (Å²) in [6.07, 6.45) is 7.46. The minimum Gasteiger partial charge on any atom is -0.383 e. The fourth-order valence-corrected chi connectivity index (χ4v) is 1.58. The Kier molecular flexibility index (Phi) is 3.61. The van der Waals surface area contributed by atoms with Gasteiger partial charge in [-0.3, -0.25) is 10.1 Å². The van der Waals surface area contributed by atoms with Crippen molar-refractivity contribution in [2.24, 2.45) is 0 Å². The number of non-ortho nitro benzene ring substituents is 1. The average molecular weight is 258 g/mol. The second kappa shape index (κ2) is 5.34. The summed E-state index contributed by atoms with van der Waals surface area (Å²) >= 11 is 0. The molecule has 0 saturated carbocycles. The Balaban J connectivity index is 2.24. The fraction of sp³-hybridized carbons (Fsp3) is 0.154. The third-order valence-electron chi connectivity index (χ3n) is 2.44. The SMILES string of the molecule is CN(C)/C=C/C=C/c1nc2ccc([N+](=O)[O-])cc2[nH]1. The Morgan fingerprint density at radius 3 is 2.84 bits per heavy atom. The van der Waals surface area contributed by atoms with E-state index in [9.17, 15) is 10.1 Å². The van der Waals surface area contributed by atoms with Gasteiger partial charge in [0, 0.05) is 26.2 Å². The Morgan fingerprint density at radius 1 is 1.37 bits per heavy atom. The highest BCUT2D eigenvalue weighted by Gasteiger charge is 2.08. The number of rotatable bonds is 4. The van der Waals surface area contributed by atoms with Crippen molar-refractivity contribution in [2.45, 2.75) is 0 Å². The first-order valence-corrected chi connectivity index (χ1v) is 5.72. The maximum Gasteiger partial charge on any atom is 0.271 e. The summed E-state index contributed by atoms with van der Waals surface area (Å²) in [7, 11) is 3.87. The van der Waals surface area contributed by atoms with Crippen LogP contribution in [-0.4, -0.2) is 33.9 Å². The van der Waals surface area contributed by atoms with Crippen LogP contribution in [0.2, 0.25) is 0 Å². The number of nitrogens with one attached hydrogen (secondary N) is 1. The maximum absolute atomic E-state index is 10.7. The molecule has 19 heavy (non-hydrogen) atoms. The zero-order chi connectivity index (χ0) is 13.8. The van der Waals surface area contributed by atoms with Crippen molar-refractivity contribution in [2.75, 3.05) is 14.1 Å². The number of allylic oxidation sites excluding steroid dienone is 2. The van der Waals surface area contributed by atoms with Crippen molar-refractivity contribution >= 4 is 22.8 Å². The maximum atomic E-state index is 10.7. The predicted molar refractivity (Wildman–Crippen MR) is 74.6 cm³/mol. The summed E-state index contributed by atoms with van der Waals surface area (Å²) in [5, 5.41) is 10.7. The monoisotopic (exact) mass is 258 g/mol. The van der Waals surface area contributed by atoms with E-state index in [1.807, 2.05) is 43.4 Å². The van der Waals surface area contributed by atoms with Crippen LogP contribution in [0, 0.1) is 10.1 Å². The smallest absolute Gasteiger partial charge is 0.271 e. The number of hydrogen-bond donors (Lipinski definition) is 1. The van der Waals surface area contributed by atoms with Crippen molar-refractivity contribution in [3.05, 3.63) is 52.5 Å². The van der Waals surface area contributed by atoms with Gasteiger partial charge >= 0.3 is 0 Å². The summed E-state index contributed by atoms with van der Waals surface area (Å²) in [5.74, 6) is 0.666. The molecule has 98 valence electrons. The van der Waals surface area contributed by atoms with Crippen LogP contribution < -0.4 is 0 Å². The van der Waals surface area contributed by atoms with E-state index < -0.39 is 4.92 Å². The highest BCUT2D eigenvalue weighted by atomic mass is 16.6. The molecule has 0 fully saturated rings. The number of aromatic amines is 1. The number of benzene rings is 1. The zero-order valence-electron chi connectivity index (χ0n) is 10.7. The largest absolute Gasteiger partial charge is 0.383 e. The molecule has 0 aliphatic heterocycles. The number of hydrogen-bond acceptors (Lipinski definition) is 4. The lowest BCUT2D eigenvalue weighted by atomic mass is 10.3. The minimum absolute atomic E-state index is 0.0548. The molecule has 0 bridgehead atoms. The van der Waals surface area contributed by atoms with Crippen molar-refractivity contribution in [3.63, 3.8) is 0 Å². The summed E-state index contributed by atoms with van der Waals surface area (Å²) in [5.41, 5.74) is 1.42. The lowest BCUT2D eigenvalue weighted by Crippen LogP contribution is -1.99. The molecule has 2 rings (SSSR count). The molecule has 0 atom stereocenters. The molecule has 2 aromatic rings. The van der Waals surface area contributed by atoms with E-state index in [-0.39, 0.29) is 5.69 Å². The van der Waals surface area contributed by atoms with E-state index in [2.05, 4.69) is 9.97 Å². The second-order valence-electron chi connectivity index (χ2n) is 4.24. The Labute approximate surface area is 110 Å². The quantitative estimate of drug-likeness (QED) is 0.519. The van der Waals surface area contributed by atoms with Gasteiger partial charge in [0.25, 0.3) is 5.69 Å². The molecule has 0 amide bonds. The number of H-pyrrole nitrogens is 1. The van der Waals surface area contributed by atoms with Gasteiger partial charge in [-0.25, -0.2) is 4.98 Å². The lowest BCUT2D eigenvalue weighted by molar-refractivity contribution is -0.384. The summed E-state index contributed by atoms with van der Waals surface area (Å²) in [4.78, 5) is 19.5. The predicted octanol–water partition coefficient (Wildman–Crippen LogP) is 2.56. The molecule has 1 aromatic heterocycles. The second-order valence-corrected chi connectivity index (χ2v) is 4.24. The van der Waals surface area contributed by atoms with Gasteiger partial charge < -0.3 is 9.88 Å². The molecule has 0 aliphatic carbocycles. The minimum atomic E-state index is -0.421. The van der Waals surface area contributed by atoms with E-state index in [0.717, 1.165) is 0 Å². The Hall–Kier alpha value is -2.63. The molecule has 1 heterocycles. The van der Waals surface area contributed by atoms with Crippen LogP contribution in [0.1, 0.15) is 5.82 Å². The summed E-state index contributed by atoms with van der Waals surface area (Å²) in [6, 6.07) is 4.56. The van der Waals surface area contributed by atoms with Crippen molar-refractivity contribution < 1.29 is 4.92 Å². The number of fused-ring (bicyclic) bond motifs is 1. The van der Waals surface area contributed by atoms with Crippen molar-refractivity contribution in [3.8, 4) is 0 Å². The van der Waals surface area contributed by atoms with Gasteiger partial charge in [0.05, 0.1) is 16.0 Å². The third-order valence-corrected chi connectivity index (χ3v) is 2.44. The molecule has 0 unspecified atom stereocenters. The Bertz CT molecular complexity index is 656. The molecule has 6 heteroatoms. The Morgan fingerprint density at radius 2 is 2.16 bits per heavy atom. The van der Waals surface area contributed by atoms with Gasteiger partial charge in [0.1, 0.15) is 5.82 Å². The van der Waals surface area contributed by atoms with Crippen LogP contribution in [-0.2, 0) is 0 Å². The van der Waals surface area contributed by atoms with E-state index in [0.29, 0.717) is 16.9 Å². The molecule has 1 aromatic carbocycles. The number of nitrogens with zero attached hydrogens (tertiary/aromatic N) is 3. The molecule has 0 radical (unpaired) electrons. The standard InChI is InChI=1S/C13H14N4O2/c1-16(2)8-4-3-5-13-14-11-7-6-10(17(18)19)9-12(11)15-13/h3-9H,1-2H3,(H,14,15)/b5-3+,8-4+. The topological polar surface area (TPSA) is 75.1 Å².